The molecule has 0 saturated heterocycles. The lowest BCUT2D eigenvalue weighted by Gasteiger charge is -2.10. The highest BCUT2D eigenvalue weighted by molar-refractivity contribution is 14.1. The highest BCUT2D eigenvalue weighted by Crippen LogP contribution is 2.24. The molecule has 1 heterocycles. The van der Waals surface area contributed by atoms with Gasteiger partial charge in [0.2, 0.25) is 0 Å². The Morgan fingerprint density at radius 3 is 2.94 bits per heavy atom. The highest BCUT2D eigenvalue weighted by Gasteiger charge is 2.02. The van der Waals surface area contributed by atoms with Gasteiger partial charge in [0.05, 0.1) is 12.2 Å². The first-order chi connectivity index (χ1) is 8.16. The van der Waals surface area contributed by atoms with Crippen LogP contribution in [0.15, 0.2) is 41.0 Å². The van der Waals surface area contributed by atoms with Gasteiger partial charge in [0.25, 0.3) is 0 Å². The van der Waals surface area contributed by atoms with Crippen LogP contribution in [0.3, 0.4) is 0 Å². The second-order valence-electron chi connectivity index (χ2n) is 3.74. The number of benzene rings is 1. The van der Waals surface area contributed by atoms with Crippen molar-refractivity contribution in [3.63, 3.8) is 0 Å². The van der Waals surface area contributed by atoms with Gasteiger partial charge in [-0.15, -0.1) is 0 Å². The number of aryl methyl sites for hydroxylation is 1. The minimum Gasteiger partial charge on any atom is -0.378 e. The van der Waals surface area contributed by atoms with Crippen LogP contribution < -0.4 is 5.32 Å². The van der Waals surface area contributed by atoms with Crippen LogP contribution in [-0.2, 0) is 6.54 Å². The summed E-state index contributed by atoms with van der Waals surface area (Å²) in [6.07, 6.45) is 1.83. The summed E-state index contributed by atoms with van der Waals surface area (Å²) in [5.41, 5.74) is 3.39. The fourth-order valence-electron chi connectivity index (χ4n) is 1.52. The van der Waals surface area contributed by atoms with Crippen LogP contribution in [0.4, 0.5) is 5.69 Å². The summed E-state index contributed by atoms with van der Waals surface area (Å²) < 4.78 is 2.29. The Balaban J connectivity index is 2.12. The number of pyridine rings is 1. The quantitative estimate of drug-likeness (QED) is 0.771. The fraction of sp³-hybridized carbons (Fsp3) is 0.154. The third-order valence-corrected chi connectivity index (χ3v) is 3.86. The Kier molecular flexibility index (Phi) is 4.39. The van der Waals surface area contributed by atoms with E-state index in [2.05, 4.69) is 80.0 Å². The zero-order valence-electron chi connectivity index (χ0n) is 9.37. The molecule has 4 heteroatoms. The number of halogens is 2. The van der Waals surface area contributed by atoms with Crippen molar-refractivity contribution in [2.75, 3.05) is 5.32 Å². The van der Waals surface area contributed by atoms with Crippen molar-refractivity contribution in [2.24, 2.45) is 0 Å². The summed E-state index contributed by atoms with van der Waals surface area (Å²) in [7, 11) is 0. The minimum absolute atomic E-state index is 0.741. The molecule has 0 spiro atoms. The Morgan fingerprint density at radius 2 is 2.18 bits per heavy atom. The van der Waals surface area contributed by atoms with E-state index >= 15 is 0 Å². The van der Waals surface area contributed by atoms with Crippen LogP contribution in [0, 0.1) is 10.5 Å². The van der Waals surface area contributed by atoms with Gasteiger partial charge >= 0.3 is 0 Å². The van der Waals surface area contributed by atoms with E-state index in [1.165, 1.54) is 9.13 Å². The summed E-state index contributed by atoms with van der Waals surface area (Å²) in [5.74, 6) is 0. The maximum Gasteiger partial charge on any atom is 0.0623 e. The van der Waals surface area contributed by atoms with Crippen LogP contribution in [-0.4, -0.2) is 4.98 Å². The summed E-state index contributed by atoms with van der Waals surface area (Å²) in [6.45, 7) is 2.82. The van der Waals surface area contributed by atoms with Crippen molar-refractivity contribution < 1.29 is 0 Å². The van der Waals surface area contributed by atoms with E-state index in [1.54, 1.807) is 0 Å². The first-order valence-electron chi connectivity index (χ1n) is 5.26. The minimum atomic E-state index is 0.741. The molecule has 0 radical (unpaired) electrons. The van der Waals surface area contributed by atoms with E-state index in [0.29, 0.717) is 0 Å². The van der Waals surface area contributed by atoms with Gasteiger partial charge in [-0.1, -0.05) is 6.07 Å². The van der Waals surface area contributed by atoms with Crippen LogP contribution in [0.25, 0.3) is 0 Å². The number of rotatable bonds is 3. The average Bonchev–Trinajstić information content (AvgIpc) is 2.32. The average molecular weight is 403 g/mol. The molecular weight excluding hydrogens is 391 g/mol. The molecule has 0 aliphatic rings. The number of hydrogen-bond acceptors (Lipinski definition) is 2. The molecule has 0 bridgehead atoms. The molecule has 2 rings (SSSR count). The molecule has 0 aliphatic carbocycles. The van der Waals surface area contributed by atoms with E-state index in [-0.39, 0.29) is 0 Å². The van der Waals surface area contributed by atoms with Crippen LogP contribution in [0.1, 0.15) is 11.3 Å². The van der Waals surface area contributed by atoms with Gasteiger partial charge in [0.1, 0.15) is 0 Å². The Bertz CT molecular complexity index is 529. The van der Waals surface area contributed by atoms with E-state index < -0.39 is 0 Å². The van der Waals surface area contributed by atoms with Crippen LogP contribution >= 0.6 is 38.5 Å². The van der Waals surface area contributed by atoms with Crippen molar-refractivity contribution in [3.8, 4) is 0 Å². The molecule has 0 saturated carbocycles. The molecule has 0 unspecified atom stereocenters. The normalized spacial score (nSPS) is 10.3. The second kappa shape index (κ2) is 5.82. The molecule has 0 amide bonds. The lowest BCUT2D eigenvalue weighted by Crippen LogP contribution is -2.04. The molecule has 0 aliphatic heterocycles. The topological polar surface area (TPSA) is 24.9 Å². The Hall–Kier alpha value is -0.620. The molecular formula is C13H12BrIN2. The summed E-state index contributed by atoms with van der Waals surface area (Å²) >= 11 is 5.84. The highest BCUT2D eigenvalue weighted by atomic mass is 127. The maximum atomic E-state index is 4.37. The predicted molar refractivity (Wildman–Crippen MR) is 83.2 cm³/mol. The van der Waals surface area contributed by atoms with Crippen molar-refractivity contribution >= 4 is 44.2 Å². The number of nitrogens with zero attached hydrogens (tertiary/aromatic N) is 1. The third-order valence-electron chi connectivity index (χ3n) is 2.49. The molecule has 1 aromatic heterocycles. The largest absolute Gasteiger partial charge is 0.378 e. The summed E-state index contributed by atoms with van der Waals surface area (Å²) in [4.78, 5) is 4.37. The lowest BCUT2D eigenvalue weighted by atomic mass is 10.2. The van der Waals surface area contributed by atoms with Crippen LogP contribution in [0.5, 0.6) is 0 Å². The smallest absolute Gasteiger partial charge is 0.0623 e. The predicted octanol–water partition coefficient (Wildman–Crippen LogP) is 4.37. The first-order valence-corrected chi connectivity index (χ1v) is 7.13. The second-order valence-corrected chi connectivity index (χ2v) is 5.84. The van der Waals surface area contributed by atoms with Crippen molar-refractivity contribution in [2.45, 2.75) is 13.5 Å². The van der Waals surface area contributed by atoms with Gasteiger partial charge in [-0.3, -0.25) is 4.98 Å². The SMILES string of the molecule is Cc1cccnc1CNc1cc(I)ccc1Br. The number of anilines is 1. The molecule has 88 valence electrons. The number of nitrogens with one attached hydrogen (secondary N) is 1. The van der Waals surface area contributed by atoms with Crippen molar-refractivity contribution in [1.29, 1.82) is 0 Å². The fourth-order valence-corrected chi connectivity index (χ4v) is 2.39. The molecule has 0 fully saturated rings. The van der Waals surface area contributed by atoms with E-state index in [9.17, 15) is 0 Å². The number of hydrogen-bond donors (Lipinski definition) is 1. The third kappa shape index (κ3) is 3.42. The van der Waals surface area contributed by atoms with Gasteiger partial charge < -0.3 is 5.32 Å². The van der Waals surface area contributed by atoms with Crippen molar-refractivity contribution in [3.05, 3.63) is 55.8 Å². The Morgan fingerprint density at radius 1 is 1.35 bits per heavy atom. The molecule has 0 atom stereocenters. The summed E-state index contributed by atoms with van der Waals surface area (Å²) in [6, 6.07) is 10.3. The Labute approximate surface area is 123 Å². The van der Waals surface area contributed by atoms with Gasteiger partial charge in [-0.25, -0.2) is 0 Å². The molecule has 1 N–H and O–H groups in total. The van der Waals surface area contributed by atoms with Gasteiger partial charge in [0.15, 0.2) is 0 Å². The van der Waals surface area contributed by atoms with Gasteiger partial charge in [-0.2, -0.15) is 0 Å². The standard InChI is InChI=1S/C13H12BrIN2/c1-9-3-2-6-16-13(9)8-17-12-7-10(15)4-5-11(12)14/h2-7,17H,8H2,1H3. The van der Waals surface area contributed by atoms with Crippen molar-refractivity contribution in [1.82, 2.24) is 4.98 Å². The zero-order valence-corrected chi connectivity index (χ0v) is 13.1. The first kappa shape index (κ1) is 12.8. The van der Waals surface area contributed by atoms with Gasteiger partial charge in [0, 0.05) is 19.9 Å². The lowest BCUT2D eigenvalue weighted by molar-refractivity contribution is 1.02. The molecule has 17 heavy (non-hydrogen) atoms. The van der Waals surface area contributed by atoms with Crippen LogP contribution in [0.2, 0.25) is 0 Å². The van der Waals surface area contributed by atoms with Gasteiger partial charge in [-0.05, 0) is 75.3 Å². The monoisotopic (exact) mass is 402 g/mol. The molecule has 2 aromatic rings. The van der Waals surface area contributed by atoms with E-state index in [1.807, 2.05) is 12.3 Å². The van der Waals surface area contributed by atoms with E-state index in [4.69, 9.17) is 0 Å². The van der Waals surface area contributed by atoms with E-state index in [0.717, 1.165) is 22.4 Å². The molecule has 2 nitrogen and oxygen atoms in total. The zero-order chi connectivity index (χ0) is 12.3. The molecule has 1 aromatic carbocycles. The summed E-state index contributed by atoms with van der Waals surface area (Å²) in [5, 5.41) is 3.40. The maximum absolute atomic E-state index is 4.37. The number of aromatic nitrogens is 1.